The van der Waals surface area contributed by atoms with Crippen molar-refractivity contribution in [2.45, 2.75) is 64.8 Å². The lowest BCUT2D eigenvalue weighted by Gasteiger charge is -2.09. The molecular weight excluding hydrogens is 230 g/mol. The van der Waals surface area contributed by atoms with Crippen LogP contribution in [0.4, 0.5) is 0 Å². The van der Waals surface area contributed by atoms with Gasteiger partial charge in [-0.1, -0.05) is 39.0 Å². The third-order valence-electron chi connectivity index (χ3n) is 2.93. The van der Waals surface area contributed by atoms with Crippen LogP contribution in [0.5, 0.6) is 0 Å². The summed E-state index contributed by atoms with van der Waals surface area (Å²) in [6, 6.07) is -0.469. The molecule has 0 aromatic rings. The smallest absolute Gasteiger partial charge is 0.320 e. The van der Waals surface area contributed by atoms with E-state index in [1.165, 1.54) is 32.1 Å². The largest absolute Gasteiger partial charge is 0.480 e. The summed E-state index contributed by atoms with van der Waals surface area (Å²) in [5.74, 6) is -0.803. The zero-order chi connectivity index (χ0) is 13.6. The Balaban J connectivity index is 3.05. The molecule has 0 rings (SSSR count). The molecule has 0 saturated carbocycles. The summed E-state index contributed by atoms with van der Waals surface area (Å²) in [7, 11) is 0. The van der Waals surface area contributed by atoms with Crippen molar-refractivity contribution < 1.29 is 14.6 Å². The summed E-state index contributed by atoms with van der Waals surface area (Å²) >= 11 is 0. The summed E-state index contributed by atoms with van der Waals surface area (Å²) in [6.45, 7) is 6.13. The third kappa shape index (κ3) is 11.9. The lowest BCUT2D eigenvalue weighted by atomic mass is 10.1. The van der Waals surface area contributed by atoms with Gasteiger partial charge in [-0.05, 0) is 26.3 Å². The first-order chi connectivity index (χ1) is 8.68. The van der Waals surface area contributed by atoms with E-state index in [9.17, 15) is 4.79 Å². The zero-order valence-electron chi connectivity index (χ0n) is 11.9. The second-order valence-electron chi connectivity index (χ2n) is 4.75. The Labute approximate surface area is 111 Å². The molecule has 0 aliphatic heterocycles. The van der Waals surface area contributed by atoms with Gasteiger partial charge in [-0.3, -0.25) is 4.79 Å². The molecule has 108 valence electrons. The molecule has 0 fully saturated rings. The van der Waals surface area contributed by atoms with Crippen LogP contribution in [0.15, 0.2) is 0 Å². The van der Waals surface area contributed by atoms with Crippen LogP contribution in [-0.2, 0) is 9.53 Å². The Morgan fingerprint density at radius 3 is 2.39 bits per heavy atom. The molecule has 4 nitrogen and oxygen atoms in total. The van der Waals surface area contributed by atoms with Gasteiger partial charge in [0, 0.05) is 13.2 Å². The highest BCUT2D eigenvalue weighted by Gasteiger charge is 2.07. The van der Waals surface area contributed by atoms with E-state index in [1.54, 1.807) is 6.92 Å². The summed E-state index contributed by atoms with van der Waals surface area (Å²) in [6.07, 6.45) is 8.55. The van der Waals surface area contributed by atoms with Gasteiger partial charge in [-0.2, -0.15) is 0 Å². The van der Waals surface area contributed by atoms with Gasteiger partial charge in [0.1, 0.15) is 6.04 Å². The SMILES string of the molecule is CCCCCCCCOCCCNC(C)C(=O)O. The van der Waals surface area contributed by atoms with Crippen molar-refractivity contribution in [2.24, 2.45) is 0 Å². The molecule has 0 aromatic heterocycles. The van der Waals surface area contributed by atoms with Crippen LogP contribution < -0.4 is 5.32 Å². The van der Waals surface area contributed by atoms with Crippen molar-refractivity contribution in [1.29, 1.82) is 0 Å². The Hall–Kier alpha value is -0.610. The predicted molar refractivity (Wildman–Crippen MR) is 73.9 cm³/mol. The summed E-state index contributed by atoms with van der Waals surface area (Å²) in [5.41, 5.74) is 0. The first-order valence-electron chi connectivity index (χ1n) is 7.22. The van der Waals surface area contributed by atoms with Gasteiger partial charge in [-0.25, -0.2) is 0 Å². The number of hydrogen-bond acceptors (Lipinski definition) is 3. The summed E-state index contributed by atoms with van der Waals surface area (Å²) in [4.78, 5) is 10.5. The van der Waals surface area contributed by atoms with Gasteiger partial charge in [0.05, 0.1) is 0 Å². The summed E-state index contributed by atoms with van der Waals surface area (Å²) in [5, 5.41) is 11.6. The second-order valence-corrected chi connectivity index (χ2v) is 4.75. The quantitative estimate of drug-likeness (QED) is 0.499. The van der Waals surface area contributed by atoms with Crippen molar-refractivity contribution in [3.63, 3.8) is 0 Å². The number of ether oxygens (including phenoxy) is 1. The zero-order valence-corrected chi connectivity index (χ0v) is 11.9. The molecule has 0 radical (unpaired) electrons. The molecule has 18 heavy (non-hydrogen) atoms. The number of unbranched alkanes of at least 4 members (excludes halogenated alkanes) is 5. The Kier molecular flexibility index (Phi) is 12.4. The third-order valence-corrected chi connectivity index (χ3v) is 2.93. The van der Waals surface area contributed by atoms with E-state index in [4.69, 9.17) is 9.84 Å². The molecular formula is C14H29NO3. The van der Waals surface area contributed by atoms with Crippen molar-refractivity contribution >= 4 is 5.97 Å². The van der Waals surface area contributed by atoms with Gasteiger partial charge < -0.3 is 15.2 Å². The van der Waals surface area contributed by atoms with Crippen molar-refractivity contribution in [3.05, 3.63) is 0 Å². The Bertz CT molecular complexity index is 197. The minimum absolute atomic E-state index is 0.469. The van der Waals surface area contributed by atoms with E-state index >= 15 is 0 Å². The molecule has 0 aromatic carbocycles. The first-order valence-corrected chi connectivity index (χ1v) is 7.22. The lowest BCUT2D eigenvalue weighted by Crippen LogP contribution is -2.34. The number of hydrogen-bond donors (Lipinski definition) is 2. The van der Waals surface area contributed by atoms with Crippen LogP contribution in [0.1, 0.15) is 58.8 Å². The van der Waals surface area contributed by atoms with Crippen molar-refractivity contribution in [3.8, 4) is 0 Å². The predicted octanol–water partition coefficient (Wildman–Crippen LogP) is 2.82. The fourth-order valence-electron chi connectivity index (χ4n) is 1.67. The van der Waals surface area contributed by atoms with Gasteiger partial charge in [0.2, 0.25) is 0 Å². The van der Waals surface area contributed by atoms with Crippen LogP contribution in [-0.4, -0.2) is 36.9 Å². The molecule has 4 heteroatoms. The number of nitrogens with one attached hydrogen (secondary N) is 1. The number of carbonyl (C=O) groups is 1. The molecule has 0 saturated heterocycles. The maximum atomic E-state index is 10.5. The molecule has 0 amide bonds. The van der Waals surface area contributed by atoms with E-state index in [0.717, 1.165) is 19.4 Å². The highest BCUT2D eigenvalue weighted by Crippen LogP contribution is 2.04. The molecule has 1 unspecified atom stereocenters. The molecule has 0 spiro atoms. The average Bonchev–Trinajstić information content (AvgIpc) is 2.35. The van der Waals surface area contributed by atoms with Crippen LogP contribution in [0, 0.1) is 0 Å². The number of aliphatic carboxylic acids is 1. The number of rotatable bonds is 13. The van der Waals surface area contributed by atoms with E-state index in [0.29, 0.717) is 13.2 Å². The average molecular weight is 259 g/mol. The number of carboxylic acids is 1. The molecule has 0 aliphatic carbocycles. The van der Waals surface area contributed by atoms with Gasteiger partial charge >= 0.3 is 5.97 Å². The highest BCUT2D eigenvalue weighted by molar-refractivity contribution is 5.72. The van der Waals surface area contributed by atoms with Crippen LogP contribution in [0.2, 0.25) is 0 Å². The normalized spacial score (nSPS) is 12.6. The molecule has 0 heterocycles. The Morgan fingerprint density at radius 2 is 1.72 bits per heavy atom. The van der Waals surface area contributed by atoms with Gasteiger partial charge in [0.25, 0.3) is 0 Å². The molecule has 1 atom stereocenters. The fraction of sp³-hybridized carbons (Fsp3) is 0.929. The molecule has 0 bridgehead atoms. The van der Waals surface area contributed by atoms with Gasteiger partial charge in [-0.15, -0.1) is 0 Å². The lowest BCUT2D eigenvalue weighted by molar-refractivity contribution is -0.139. The van der Waals surface area contributed by atoms with Gasteiger partial charge in [0.15, 0.2) is 0 Å². The monoisotopic (exact) mass is 259 g/mol. The molecule has 0 aliphatic rings. The topological polar surface area (TPSA) is 58.6 Å². The maximum Gasteiger partial charge on any atom is 0.320 e. The number of carboxylic acid groups (broad SMARTS) is 1. The fourth-order valence-corrected chi connectivity index (χ4v) is 1.67. The van der Waals surface area contributed by atoms with Crippen molar-refractivity contribution in [1.82, 2.24) is 5.32 Å². The van der Waals surface area contributed by atoms with E-state index in [1.807, 2.05) is 0 Å². The Morgan fingerprint density at radius 1 is 1.11 bits per heavy atom. The van der Waals surface area contributed by atoms with Crippen LogP contribution in [0.3, 0.4) is 0 Å². The van der Waals surface area contributed by atoms with Crippen LogP contribution in [0.25, 0.3) is 0 Å². The highest BCUT2D eigenvalue weighted by atomic mass is 16.5. The minimum atomic E-state index is -0.803. The second kappa shape index (κ2) is 12.8. The molecule has 2 N–H and O–H groups in total. The van der Waals surface area contributed by atoms with E-state index in [-0.39, 0.29) is 0 Å². The van der Waals surface area contributed by atoms with E-state index in [2.05, 4.69) is 12.2 Å². The minimum Gasteiger partial charge on any atom is -0.480 e. The summed E-state index contributed by atoms with van der Waals surface area (Å²) < 4.78 is 5.50. The standard InChI is InChI=1S/C14H29NO3/c1-3-4-5-6-7-8-11-18-12-9-10-15-13(2)14(16)17/h13,15H,3-12H2,1-2H3,(H,16,17). The first kappa shape index (κ1) is 17.4. The van der Waals surface area contributed by atoms with Crippen molar-refractivity contribution in [2.75, 3.05) is 19.8 Å². The van der Waals surface area contributed by atoms with E-state index < -0.39 is 12.0 Å². The van der Waals surface area contributed by atoms with Crippen LogP contribution >= 0.6 is 0 Å². The maximum absolute atomic E-state index is 10.5.